The quantitative estimate of drug-likeness (QED) is 0.859. The molecule has 0 amide bonds. The van der Waals surface area contributed by atoms with E-state index in [1.54, 1.807) is 19.2 Å². The van der Waals surface area contributed by atoms with Crippen molar-refractivity contribution in [1.82, 2.24) is 4.31 Å². The maximum Gasteiger partial charge on any atom is 0.244 e. The molecule has 0 aromatic heterocycles. The van der Waals surface area contributed by atoms with Gasteiger partial charge in [0.05, 0.1) is 4.90 Å². The van der Waals surface area contributed by atoms with Crippen molar-refractivity contribution in [2.45, 2.75) is 44.2 Å². The molecule has 0 saturated heterocycles. The number of benzene rings is 1. The molecule has 0 bridgehead atoms. The zero-order valence-electron chi connectivity index (χ0n) is 11.6. The van der Waals surface area contributed by atoms with Gasteiger partial charge in [-0.25, -0.2) is 8.42 Å². The predicted octanol–water partition coefficient (Wildman–Crippen LogP) is 2.72. The fourth-order valence-electron chi connectivity index (χ4n) is 2.03. The van der Waals surface area contributed by atoms with Gasteiger partial charge in [-0.15, -0.1) is 0 Å². The van der Waals surface area contributed by atoms with E-state index in [1.807, 2.05) is 19.9 Å². The molecule has 2 N–H and O–H groups in total. The van der Waals surface area contributed by atoms with Gasteiger partial charge in [0.15, 0.2) is 0 Å². The number of rotatable bonds is 6. The van der Waals surface area contributed by atoms with Gasteiger partial charge in [-0.2, -0.15) is 4.31 Å². The van der Waals surface area contributed by atoms with E-state index in [4.69, 9.17) is 5.73 Å². The Morgan fingerprint density at radius 2 is 1.89 bits per heavy atom. The fourth-order valence-corrected chi connectivity index (χ4v) is 4.50. The van der Waals surface area contributed by atoms with Crippen LogP contribution in [0.1, 0.15) is 32.3 Å². The summed E-state index contributed by atoms with van der Waals surface area (Å²) in [5.74, 6) is 0. The molecule has 1 aromatic rings. The number of hydrogen-bond acceptors (Lipinski definition) is 3. The number of sulfonamides is 1. The van der Waals surface area contributed by atoms with Crippen molar-refractivity contribution in [3.05, 3.63) is 28.2 Å². The zero-order chi connectivity index (χ0) is 14.6. The van der Waals surface area contributed by atoms with Crippen LogP contribution in [-0.2, 0) is 16.6 Å². The van der Waals surface area contributed by atoms with Gasteiger partial charge < -0.3 is 5.73 Å². The van der Waals surface area contributed by atoms with Gasteiger partial charge in [0.2, 0.25) is 10.0 Å². The Morgan fingerprint density at radius 3 is 2.37 bits per heavy atom. The lowest BCUT2D eigenvalue weighted by molar-refractivity contribution is 0.349. The van der Waals surface area contributed by atoms with Crippen LogP contribution in [0.15, 0.2) is 27.6 Å². The lowest BCUT2D eigenvalue weighted by Crippen LogP contribution is -2.36. The van der Waals surface area contributed by atoms with Crippen LogP contribution in [0, 0.1) is 0 Å². The van der Waals surface area contributed by atoms with E-state index in [0.717, 1.165) is 18.4 Å². The highest BCUT2D eigenvalue weighted by atomic mass is 79.9. The monoisotopic (exact) mass is 348 g/mol. The summed E-state index contributed by atoms with van der Waals surface area (Å²) in [6.45, 7) is 4.31. The molecule has 0 atom stereocenters. The van der Waals surface area contributed by atoms with Crippen LogP contribution in [0.2, 0.25) is 0 Å². The normalized spacial score (nSPS) is 12.4. The molecule has 0 radical (unpaired) electrons. The lowest BCUT2D eigenvalue weighted by Gasteiger charge is -2.26. The van der Waals surface area contributed by atoms with Crippen molar-refractivity contribution in [3.63, 3.8) is 0 Å². The van der Waals surface area contributed by atoms with E-state index in [1.165, 1.54) is 4.31 Å². The highest BCUT2D eigenvalue weighted by Gasteiger charge is 2.27. The molecule has 0 spiro atoms. The van der Waals surface area contributed by atoms with E-state index in [2.05, 4.69) is 15.9 Å². The van der Waals surface area contributed by atoms with Crippen molar-refractivity contribution >= 4 is 26.0 Å². The fraction of sp³-hybridized carbons (Fsp3) is 0.538. The molecule has 4 nitrogen and oxygen atoms in total. The summed E-state index contributed by atoms with van der Waals surface area (Å²) in [5, 5.41) is 0. The maximum atomic E-state index is 12.6. The average Bonchev–Trinajstić information content (AvgIpc) is 2.40. The van der Waals surface area contributed by atoms with E-state index in [-0.39, 0.29) is 10.9 Å². The summed E-state index contributed by atoms with van der Waals surface area (Å²) in [4.78, 5) is 0.282. The average molecular weight is 349 g/mol. The van der Waals surface area contributed by atoms with Gasteiger partial charge in [0.25, 0.3) is 0 Å². The minimum atomic E-state index is -3.49. The first-order valence-electron chi connectivity index (χ1n) is 6.34. The first-order chi connectivity index (χ1) is 8.88. The Balaban J connectivity index is 3.26. The minimum Gasteiger partial charge on any atom is -0.326 e. The van der Waals surface area contributed by atoms with Crippen LogP contribution in [0.4, 0.5) is 0 Å². The molecule has 0 aliphatic carbocycles. The molecule has 0 fully saturated rings. The Hall–Kier alpha value is -0.430. The van der Waals surface area contributed by atoms with Crippen molar-refractivity contribution < 1.29 is 8.42 Å². The standard InChI is InChI=1S/C13H21BrN2O2S/c1-4-11(5-2)16(3)19(17,18)13-8-10(9-15)6-7-12(13)14/h6-8,11H,4-5,9,15H2,1-3H3. The molecule has 108 valence electrons. The number of halogens is 1. The maximum absolute atomic E-state index is 12.6. The second kappa shape index (κ2) is 6.83. The van der Waals surface area contributed by atoms with Gasteiger partial charge in [-0.1, -0.05) is 19.9 Å². The first-order valence-corrected chi connectivity index (χ1v) is 8.58. The lowest BCUT2D eigenvalue weighted by atomic mass is 10.2. The van der Waals surface area contributed by atoms with Crippen molar-refractivity contribution in [3.8, 4) is 0 Å². The van der Waals surface area contributed by atoms with Crippen LogP contribution < -0.4 is 5.73 Å². The molecule has 6 heteroatoms. The van der Waals surface area contributed by atoms with Gasteiger partial charge in [-0.3, -0.25) is 0 Å². The van der Waals surface area contributed by atoms with Crippen LogP contribution >= 0.6 is 15.9 Å². The first kappa shape index (κ1) is 16.6. The zero-order valence-corrected chi connectivity index (χ0v) is 14.0. The van der Waals surface area contributed by atoms with E-state index >= 15 is 0 Å². The Morgan fingerprint density at radius 1 is 1.32 bits per heavy atom. The molecule has 0 aliphatic rings. The summed E-state index contributed by atoms with van der Waals surface area (Å²) >= 11 is 3.31. The van der Waals surface area contributed by atoms with Gasteiger partial charge in [-0.05, 0) is 46.5 Å². The topological polar surface area (TPSA) is 63.4 Å². The van der Waals surface area contributed by atoms with E-state index in [9.17, 15) is 8.42 Å². The number of hydrogen-bond donors (Lipinski definition) is 1. The second-order valence-corrected chi connectivity index (χ2v) is 7.28. The third-order valence-electron chi connectivity index (χ3n) is 3.35. The molecular weight excluding hydrogens is 328 g/mol. The Kier molecular flexibility index (Phi) is 5.98. The molecule has 0 saturated carbocycles. The van der Waals surface area contributed by atoms with Crippen LogP contribution in [0.25, 0.3) is 0 Å². The third-order valence-corrected chi connectivity index (χ3v) is 6.25. The van der Waals surface area contributed by atoms with Gasteiger partial charge in [0, 0.05) is 24.1 Å². The van der Waals surface area contributed by atoms with Crippen LogP contribution in [0.5, 0.6) is 0 Å². The molecule has 1 rings (SSSR count). The van der Waals surface area contributed by atoms with E-state index < -0.39 is 10.0 Å². The Bertz CT molecular complexity index is 527. The minimum absolute atomic E-state index is 0.0124. The molecule has 1 aromatic carbocycles. The summed E-state index contributed by atoms with van der Waals surface area (Å²) in [7, 11) is -1.86. The molecule has 0 aliphatic heterocycles. The van der Waals surface area contributed by atoms with Gasteiger partial charge in [0.1, 0.15) is 0 Å². The number of nitrogens with zero attached hydrogens (tertiary/aromatic N) is 1. The summed E-state index contributed by atoms with van der Waals surface area (Å²) < 4.78 is 27.3. The van der Waals surface area contributed by atoms with Crippen LogP contribution in [-0.4, -0.2) is 25.8 Å². The van der Waals surface area contributed by atoms with Crippen LogP contribution in [0.3, 0.4) is 0 Å². The smallest absolute Gasteiger partial charge is 0.244 e. The highest BCUT2D eigenvalue weighted by molar-refractivity contribution is 9.10. The van der Waals surface area contributed by atoms with E-state index in [0.29, 0.717) is 11.0 Å². The summed E-state index contributed by atoms with van der Waals surface area (Å²) in [6, 6.07) is 5.20. The molecular formula is C13H21BrN2O2S. The molecule has 19 heavy (non-hydrogen) atoms. The second-order valence-electron chi connectivity index (χ2n) is 4.46. The largest absolute Gasteiger partial charge is 0.326 e. The summed E-state index contributed by atoms with van der Waals surface area (Å²) in [6.07, 6.45) is 1.58. The number of nitrogens with two attached hydrogens (primary N) is 1. The molecule has 0 unspecified atom stereocenters. The predicted molar refractivity (Wildman–Crippen MR) is 81.4 cm³/mol. The SMILES string of the molecule is CCC(CC)N(C)S(=O)(=O)c1cc(CN)ccc1Br. The summed E-state index contributed by atoms with van der Waals surface area (Å²) in [5.41, 5.74) is 6.38. The van der Waals surface area contributed by atoms with Crippen molar-refractivity contribution in [2.24, 2.45) is 5.73 Å². The van der Waals surface area contributed by atoms with Crippen molar-refractivity contribution in [2.75, 3.05) is 7.05 Å². The van der Waals surface area contributed by atoms with Gasteiger partial charge >= 0.3 is 0 Å². The Labute approximate surface area is 124 Å². The molecule has 0 heterocycles. The highest BCUT2D eigenvalue weighted by Crippen LogP contribution is 2.27. The van der Waals surface area contributed by atoms with Crippen molar-refractivity contribution in [1.29, 1.82) is 0 Å². The third kappa shape index (κ3) is 3.56.